The fourth-order valence-corrected chi connectivity index (χ4v) is 1.69. The van der Waals surface area contributed by atoms with Crippen LogP contribution >= 0.6 is 0 Å². The van der Waals surface area contributed by atoms with E-state index in [9.17, 15) is 0 Å². The van der Waals surface area contributed by atoms with Gasteiger partial charge in [-0.3, -0.25) is 0 Å². The second-order valence-electron chi connectivity index (χ2n) is 3.76. The van der Waals surface area contributed by atoms with Crippen molar-refractivity contribution < 1.29 is 4.84 Å². The lowest BCUT2D eigenvalue weighted by atomic mass is 9.88. The molecule has 1 fully saturated rings. The third kappa shape index (κ3) is 1.50. The molecule has 1 aliphatic carbocycles. The highest BCUT2D eigenvalue weighted by Crippen LogP contribution is 2.36. The summed E-state index contributed by atoms with van der Waals surface area (Å²) in [5.74, 6) is 0. The van der Waals surface area contributed by atoms with Crippen LogP contribution < -0.4 is 5.48 Å². The summed E-state index contributed by atoms with van der Waals surface area (Å²) in [5, 5.41) is 0. The lowest BCUT2D eigenvalue weighted by Crippen LogP contribution is -2.36. The summed E-state index contributed by atoms with van der Waals surface area (Å²) in [6.07, 6.45) is 3.89. The average Bonchev–Trinajstić information content (AvgIpc) is 2.13. The first-order valence-electron chi connectivity index (χ1n) is 3.95. The minimum Gasteiger partial charge on any atom is -0.305 e. The first kappa shape index (κ1) is 8.02. The first-order chi connectivity index (χ1) is 4.67. The second-order valence-corrected chi connectivity index (χ2v) is 3.76. The van der Waals surface area contributed by atoms with E-state index in [-0.39, 0.29) is 0 Å². The normalized spacial score (nSPS) is 30.9. The first-order valence-corrected chi connectivity index (χ1v) is 3.95. The van der Waals surface area contributed by atoms with E-state index in [1.165, 1.54) is 19.3 Å². The minimum absolute atomic E-state index is 0.427. The van der Waals surface area contributed by atoms with Gasteiger partial charge in [-0.1, -0.05) is 20.3 Å². The fourth-order valence-electron chi connectivity index (χ4n) is 1.69. The molecule has 0 spiro atoms. The number of hydrogen-bond donors (Lipinski definition) is 1. The SMILES string of the molecule is CONC1CCCC1(C)C. The van der Waals surface area contributed by atoms with Crippen molar-refractivity contribution in [1.29, 1.82) is 0 Å². The molecule has 10 heavy (non-hydrogen) atoms. The third-order valence-electron chi connectivity index (χ3n) is 2.52. The number of nitrogens with one attached hydrogen (secondary N) is 1. The molecule has 2 heteroatoms. The van der Waals surface area contributed by atoms with Crippen LogP contribution in [0.2, 0.25) is 0 Å². The molecule has 1 rings (SSSR count). The van der Waals surface area contributed by atoms with Gasteiger partial charge in [-0.2, -0.15) is 5.48 Å². The third-order valence-corrected chi connectivity index (χ3v) is 2.52. The van der Waals surface area contributed by atoms with E-state index in [1.54, 1.807) is 7.11 Å². The Morgan fingerprint density at radius 3 is 2.60 bits per heavy atom. The molecule has 0 aromatic carbocycles. The minimum atomic E-state index is 0.427. The molecule has 1 aliphatic rings. The summed E-state index contributed by atoms with van der Waals surface area (Å²) in [6.45, 7) is 4.58. The predicted octanol–water partition coefficient (Wildman–Crippen LogP) is 1.72. The molecule has 0 saturated heterocycles. The van der Waals surface area contributed by atoms with E-state index in [4.69, 9.17) is 4.84 Å². The molecule has 0 aliphatic heterocycles. The Morgan fingerprint density at radius 2 is 2.20 bits per heavy atom. The van der Waals surface area contributed by atoms with Gasteiger partial charge >= 0.3 is 0 Å². The van der Waals surface area contributed by atoms with Gasteiger partial charge in [-0.25, -0.2) is 0 Å². The monoisotopic (exact) mass is 143 g/mol. The Bertz CT molecular complexity index is 112. The van der Waals surface area contributed by atoms with Gasteiger partial charge in [0.1, 0.15) is 0 Å². The molecule has 2 nitrogen and oxygen atoms in total. The topological polar surface area (TPSA) is 21.3 Å². The van der Waals surface area contributed by atoms with Crippen molar-refractivity contribution in [2.45, 2.75) is 39.2 Å². The van der Waals surface area contributed by atoms with Crippen molar-refractivity contribution in [3.8, 4) is 0 Å². The van der Waals surface area contributed by atoms with Gasteiger partial charge in [0.05, 0.1) is 7.11 Å². The highest BCUT2D eigenvalue weighted by molar-refractivity contribution is 4.88. The van der Waals surface area contributed by atoms with Crippen molar-refractivity contribution in [3.63, 3.8) is 0 Å². The number of rotatable bonds is 2. The van der Waals surface area contributed by atoms with E-state index in [0.717, 1.165) is 0 Å². The molecule has 0 amide bonds. The molecule has 60 valence electrons. The maximum atomic E-state index is 4.91. The summed E-state index contributed by atoms with van der Waals surface area (Å²) in [6, 6.07) is 0.553. The number of hydroxylamine groups is 1. The summed E-state index contributed by atoms with van der Waals surface area (Å²) >= 11 is 0. The van der Waals surface area contributed by atoms with Gasteiger partial charge in [-0.05, 0) is 18.3 Å². The zero-order valence-corrected chi connectivity index (χ0v) is 7.11. The molecule has 0 bridgehead atoms. The second kappa shape index (κ2) is 2.89. The van der Waals surface area contributed by atoms with Crippen molar-refractivity contribution in [2.75, 3.05) is 7.11 Å². The van der Waals surface area contributed by atoms with Crippen LogP contribution in [-0.2, 0) is 4.84 Å². The summed E-state index contributed by atoms with van der Waals surface area (Å²) in [5.41, 5.74) is 3.46. The van der Waals surface area contributed by atoms with Crippen LogP contribution in [0.5, 0.6) is 0 Å². The van der Waals surface area contributed by atoms with E-state index in [1.807, 2.05) is 0 Å². The fraction of sp³-hybridized carbons (Fsp3) is 1.00. The molecule has 1 atom stereocenters. The van der Waals surface area contributed by atoms with Crippen LogP contribution in [0.3, 0.4) is 0 Å². The van der Waals surface area contributed by atoms with Gasteiger partial charge in [0.2, 0.25) is 0 Å². The molecule has 0 radical (unpaired) electrons. The standard InChI is InChI=1S/C8H17NO/c1-8(2)6-4-5-7(8)9-10-3/h7,9H,4-6H2,1-3H3. The largest absolute Gasteiger partial charge is 0.305 e. The molecule has 0 heterocycles. The Morgan fingerprint density at radius 1 is 1.50 bits per heavy atom. The van der Waals surface area contributed by atoms with Crippen LogP contribution in [0.15, 0.2) is 0 Å². The summed E-state index contributed by atoms with van der Waals surface area (Å²) in [4.78, 5) is 4.91. The quantitative estimate of drug-likeness (QED) is 0.594. The van der Waals surface area contributed by atoms with Crippen molar-refractivity contribution in [1.82, 2.24) is 5.48 Å². The van der Waals surface area contributed by atoms with Crippen molar-refractivity contribution in [3.05, 3.63) is 0 Å². The van der Waals surface area contributed by atoms with Crippen molar-refractivity contribution >= 4 is 0 Å². The molecule has 1 saturated carbocycles. The van der Waals surface area contributed by atoms with E-state index in [2.05, 4.69) is 19.3 Å². The van der Waals surface area contributed by atoms with E-state index in [0.29, 0.717) is 11.5 Å². The Kier molecular flexibility index (Phi) is 2.32. The average molecular weight is 143 g/mol. The van der Waals surface area contributed by atoms with E-state index < -0.39 is 0 Å². The summed E-state index contributed by atoms with van der Waals surface area (Å²) in [7, 11) is 1.69. The zero-order valence-electron chi connectivity index (χ0n) is 7.11. The predicted molar refractivity (Wildman–Crippen MR) is 41.6 cm³/mol. The highest BCUT2D eigenvalue weighted by atomic mass is 16.6. The van der Waals surface area contributed by atoms with Crippen LogP contribution in [0.25, 0.3) is 0 Å². The highest BCUT2D eigenvalue weighted by Gasteiger charge is 2.34. The van der Waals surface area contributed by atoms with Gasteiger partial charge < -0.3 is 4.84 Å². The van der Waals surface area contributed by atoms with Crippen LogP contribution in [-0.4, -0.2) is 13.2 Å². The lowest BCUT2D eigenvalue weighted by Gasteiger charge is -2.26. The molecular formula is C8H17NO. The van der Waals surface area contributed by atoms with Crippen LogP contribution in [0, 0.1) is 5.41 Å². The molecule has 0 aromatic heterocycles. The Balaban J connectivity index is 2.43. The van der Waals surface area contributed by atoms with Gasteiger partial charge in [0.25, 0.3) is 0 Å². The van der Waals surface area contributed by atoms with Crippen LogP contribution in [0.1, 0.15) is 33.1 Å². The van der Waals surface area contributed by atoms with E-state index >= 15 is 0 Å². The Hall–Kier alpha value is -0.0800. The van der Waals surface area contributed by atoms with Crippen LogP contribution in [0.4, 0.5) is 0 Å². The summed E-state index contributed by atoms with van der Waals surface area (Å²) < 4.78 is 0. The Labute approximate surface area is 62.9 Å². The molecule has 1 N–H and O–H groups in total. The number of hydrogen-bond acceptors (Lipinski definition) is 2. The van der Waals surface area contributed by atoms with Gasteiger partial charge in [0.15, 0.2) is 0 Å². The molecule has 1 unspecified atom stereocenters. The maximum absolute atomic E-state index is 4.91. The van der Waals surface area contributed by atoms with Gasteiger partial charge in [0, 0.05) is 6.04 Å². The maximum Gasteiger partial charge on any atom is 0.0572 e. The van der Waals surface area contributed by atoms with Gasteiger partial charge in [-0.15, -0.1) is 0 Å². The van der Waals surface area contributed by atoms with Crippen molar-refractivity contribution in [2.24, 2.45) is 5.41 Å². The zero-order chi connectivity index (χ0) is 7.61. The molecule has 0 aromatic rings. The molecular weight excluding hydrogens is 126 g/mol. The smallest absolute Gasteiger partial charge is 0.0572 e. The lowest BCUT2D eigenvalue weighted by molar-refractivity contribution is 0.0310.